The molecule has 0 heterocycles. The molecule has 0 N–H and O–H groups in total. The molecule has 0 amide bonds. The van der Waals surface area contributed by atoms with Crippen LogP contribution in [0.2, 0.25) is 0 Å². The zero-order valence-corrected chi connectivity index (χ0v) is 13.6. The number of benzene rings is 1. The van der Waals surface area contributed by atoms with Crippen molar-refractivity contribution in [2.45, 2.75) is 26.7 Å². The first-order chi connectivity index (χ1) is 10.6. The van der Waals surface area contributed by atoms with E-state index >= 15 is 0 Å². The van der Waals surface area contributed by atoms with Crippen LogP contribution >= 0.6 is 0 Å². The van der Waals surface area contributed by atoms with E-state index in [2.05, 4.69) is 39.1 Å². The lowest BCUT2D eigenvalue weighted by molar-refractivity contribution is 1.11. The summed E-state index contributed by atoms with van der Waals surface area (Å²) in [6, 6.07) is 8.20. The second-order valence-electron chi connectivity index (χ2n) is 4.94. The Kier molecular flexibility index (Phi) is 7.52. The van der Waals surface area contributed by atoms with Gasteiger partial charge in [-0.15, -0.1) is 0 Å². The van der Waals surface area contributed by atoms with Gasteiger partial charge in [-0.05, 0) is 40.7 Å². The van der Waals surface area contributed by atoms with Crippen molar-refractivity contribution in [2.24, 2.45) is 0 Å². The van der Waals surface area contributed by atoms with E-state index in [0.717, 1.165) is 35.1 Å². The maximum absolute atomic E-state index is 6.04. The summed E-state index contributed by atoms with van der Waals surface area (Å²) < 4.78 is 0. The number of hydrogen-bond donors (Lipinski definition) is 0. The molecule has 0 unspecified atom stereocenters. The van der Waals surface area contributed by atoms with Crippen LogP contribution in [0.1, 0.15) is 31.4 Å². The Morgan fingerprint density at radius 3 is 2.18 bits per heavy atom. The molecule has 0 nitrogen and oxygen atoms in total. The minimum atomic E-state index is 0.317. The van der Waals surface area contributed by atoms with Gasteiger partial charge in [0, 0.05) is 0 Å². The van der Waals surface area contributed by atoms with E-state index in [4.69, 9.17) is 15.7 Å². The first kappa shape index (κ1) is 18.1. The van der Waals surface area contributed by atoms with E-state index < -0.39 is 0 Å². The molecule has 0 saturated heterocycles. The summed E-state index contributed by atoms with van der Waals surface area (Å²) in [6.45, 7) is 11.8. The molecule has 0 saturated carbocycles. The average molecular weight is 284 g/mol. The van der Waals surface area contributed by atoms with E-state index in [9.17, 15) is 0 Å². The predicted octanol–water partition coefficient (Wildman–Crippen LogP) is 4.89. The quantitative estimate of drug-likeness (QED) is 0.494. The van der Waals surface area contributed by atoms with Gasteiger partial charge in [0.15, 0.2) is 0 Å². The molecule has 0 aromatic heterocycles. The molecule has 1 rings (SSSR count). The highest BCUT2D eigenvalue weighted by Crippen LogP contribution is 2.33. The molecule has 0 aliphatic rings. The molecule has 108 valence electrons. The largest absolute Gasteiger partial charge is 0.152 e. The number of aryl methyl sites for hydroxylation is 1. The Morgan fingerprint density at radius 1 is 1.05 bits per heavy atom. The van der Waals surface area contributed by atoms with Crippen molar-refractivity contribution in [1.29, 1.82) is 0 Å². The fourth-order valence-corrected chi connectivity index (χ4v) is 2.54. The minimum Gasteiger partial charge on any atom is -0.152 e. The topological polar surface area (TPSA) is 0 Å². The lowest BCUT2D eigenvalue weighted by Gasteiger charge is -2.20. The van der Waals surface area contributed by atoms with Crippen molar-refractivity contribution in [3.05, 3.63) is 89.4 Å². The van der Waals surface area contributed by atoms with E-state index in [1.54, 1.807) is 12.2 Å². The van der Waals surface area contributed by atoms with Gasteiger partial charge in [0.05, 0.1) is 15.7 Å². The maximum Gasteiger partial charge on any atom is 0.0931 e. The summed E-state index contributed by atoms with van der Waals surface area (Å²) >= 11 is 0. The maximum atomic E-state index is 6.04. The summed E-state index contributed by atoms with van der Waals surface area (Å²) in [5.41, 5.74) is 5.28. The van der Waals surface area contributed by atoms with Gasteiger partial charge in [-0.3, -0.25) is 0 Å². The normalized spacial score (nSPS) is 11.9. The number of rotatable bonds is 7. The highest BCUT2D eigenvalue weighted by molar-refractivity contribution is 6.51. The fourth-order valence-electron chi connectivity index (χ4n) is 2.54. The predicted molar refractivity (Wildman–Crippen MR) is 101 cm³/mol. The van der Waals surface area contributed by atoms with Crippen molar-refractivity contribution in [1.82, 2.24) is 0 Å². The molecule has 1 aromatic carbocycles. The van der Waals surface area contributed by atoms with E-state index in [1.165, 1.54) is 5.56 Å². The summed E-state index contributed by atoms with van der Waals surface area (Å²) in [5.74, 6) is 0. The molecule has 1 aromatic rings. The van der Waals surface area contributed by atoms with E-state index in [1.807, 2.05) is 24.3 Å². The lowest BCUT2D eigenvalue weighted by atomic mass is 9.69. The van der Waals surface area contributed by atoms with Crippen LogP contribution in [0.25, 0.3) is 5.57 Å². The van der Waals surface area contributed by atoms with E-state index in [0.29, 0.717) is 5.37 Å². The van der Waals surface area contributed by atoms with Crippen LogP contribution in [0.15, 0.2) is 78.2 Å². The third-order valence-corrected chi connectivity index (χ3v) is 3.56. The fraction of sp³-hybridized carbons (Fsp3) is 0.200. The molecule has 0 aliphatic carbocycles. The summed E-state index contributed by atoms with van der Waals surface area (Å²) in [5, 5.41) is 0.317. The van der Waals surface area contributed by atoms with Gasteiger partial charge in [-0.1, -0.05) is 75.6 Å². The van der Waals surface area contributed by atoms with Crippen LogP contribution < -0.4 is 0 Å². The van der Waals surface area contributed by atoms with Gasteiger partial charge in [-0.2, -0.15) is 5.37 Å². The van der Waals surface area contributed by atoms with Crippen LogP contribution in [0.4, 0.5) is 0 Å². The van der Waals surface area contributed by atoms with Crippen LogP contribution in [0, 0.1) is 0 Å². The monoisotopic (exact) mass is 284 g/mol. The standard InChI is InChI=1S/C20H22B2/c1-5-11-15(7-3)17(12-6-2)19(20(21)22)18-14-10-9-13-16(18)8-4/h5-6,9-14H,1-2,7-8H2,3-4H3/b15-11-,17-12+. The summed E-state index contributed by atoms with van der Waals surface area (Å²) in [4.78, 5) is 0. The molecular weight excluding hydrogens is 262 g/mol. The molecule has 0 bridgehead atoms. The summed E-state index contributed by atoms with van der Waals surface area (Å²) in [7, 11) is 12.1. The van der Waals surface area contributed by atoms with E-state index in [-0.39, 0.29) is 0 Å². The third-order valence-electron chi connectivity index (χ3n) is 3.56. The number of allylic oxidation sites excluding steroid dienone is 7. The second-order valence-corrected chi connectivity index (χ2v) is 4.94. The third kappa shape index (κ3) is 4.27. The number of hydrogen-bond acceptors (Lipinski definition) is 0. The first-order valence-corrected chi connectivity index (χ1v) is 7.59. The van der Waals surface area contributed by atoms with Crippen molar-refractivity contribution in [2.75, 3.05) is 0 Å². The van der Waals surface area contributed by atoms with Gasteiger partial charge in [0.2, 0.25) is 0 Å². The van der Waals surface area contributed by atoms with Gasteiger partial charge in [0.25, 0.3) is 0 Å². The van der Waals surface area contributed by atoms with Gasteiger partial charge < -0.3 is 0 Å². The minimum absolute atomic E-state index is 0.317. The molecule has 0 fully saturated rings. The van der Waals surface area contributed by atoms with Gasteiger partial charge in [-0.25, -0.2) is 0 Å². The molecular formula is C20H22B2. The zero-order chi connectivity index (χ0) is 16.5. The Balaban J connectivity index is 3.63. The van der Waals surface area contributed by atoms with Crippen molar-refractivity contribution in [3.8, 4) is 0 Å². The molecule has 4 radical (unpaired) electrons. The molecule has 2 heteroatoms. The van der Waals surface area contributed by atoms with Crippen molar-refractivity contribution >= 4 is 21.3 Å². The lowest BCUT2D eigenvalue weighted by Crippen LogP contribution is -2.02. The first-order valence-electron chi connectivity index (χ1n) is 7.59. The van der Waals surface area contributed by atoms with Gasteiger partial charge in [0.1, 0.15) is 0 Å². The SMILES string of the molecule is [B]C([B])=C(C(=C/C=C)/C(=C\C=C)CC)c1ccccc1CC. The molecule has 0 aliphatic heterocycles. The Labute approximate surface area is 137 Å². The van der Waals surface area contributed by atoms with Crippen LogP contribution in [-0.2, 0) is 6.42 Å². The molecule has 0 spiro atoms. The Hall–Kier alpha value is -1.95. The molecule has 0 atom stereocenters. The van der Waals surface area contributed by atoms with Gasteiger partial charge >= 0.3 is 0 Å². The molecule has 22 heavy (non-hydrogen) atoms. The Morgan fingerprint density at radius 2 is 1.68 bits per heavy atom. The summed E-state index contributed by atoms with van der Waals surface area (Å²) in [6.07, 6.45) is 9.27. The van der Waals surface area contributed by atoms with Crippen LogP contribution in [0.3, 0.4) is 0 Å². The smallest absolute Gasteiger partial charge is 0.0931 e. The zero-order valence-electron chi connectivity index (χ0n) is 13.6. The van der Waals surface area contributed by atoms with Crippen LogP contribution in [0.5, 0.6) is 0 Å². The second kappa shape index (κ2) is 9.15. The van der Waals surface area contributed by atoms with Crippen molar-refractivity contribution in [3.63, 3.8) is 0 Å². The Bertz CT molecular complexity index is 627. The van der Waals surface area contributed by atoms with Crippen molar-refractivity contribution < 1.29 is 0 Å². The van der Waals surface area contributed by atoms with Crippen LogP contribution in [-0.4, -0.2) is 15.7 Å². The highest BCUT2D eigenvalue weighted by atomic mass is 14.2. The highest BCUT2D eigenvalue weighted by Gasteiger charge is 2.14. The average Bonchev–Trinajstić information content (AvgIpc) is 2.52.